The predicted molar refractivity (Wildman–Crippen MR) is 98.3 cm³/mol. The van der Waals surface area contributed by atoms with Crippen molar-refractivity contribution in [3.05, 3.63) is 46.7 Å². The maximum absolute atomic E-state index is 12.6. The highest BCUT2D eigenvalue weighted by Gasteiger charge is 2.44. The largest absolute Gasteiger partial charge is 0.490 e. The van der Waals surface area contributed by atoms with E-state index in [1.807, 2.05) is 22.5 Å². The van der Waals surface area contributed by atoms with Gasteiger partial charge in [-0.15, -0.1) is 11.3 Å². The van der Waals surface area contributed by atoms with Crippen molar-refractivity contribution in [1.29, 1.82) is 0 Å². The Morgan fingerprint density at radius 3 is 2.55 bits per heavy atom. The summed E-state index contributed by atoms with van der Waals surface area (Å²) in [5.41, 5.74) is 3.56. The summed E-state index contributed by atoms with van der Waals surface area (Å²) >= 11 is 1.48. The summed E-state index contributed by atoms with van der Waals surface area (Å²) < 4.78 is 31.7. The van der Waals surface area contributed by atoms with Crippen molar-refractivity contribution in [3.8, 4) is 0 Å². The van der Waals surface area contributed by atoms with Crippen LogP contribution in [0.4, 0.5) is 13.2 Å². The third-order valence-electron chi connectivity index (χ3n) is 4.95. The Bertz CT molecular complexity index is 833. The molecule has 4 heterocycles. The lowest BCUT2D eigenvalue weighted by Crippen LogP contribution is -2.39. The van der Waals surface area contributed by atoms with Gasteiger partial charge < -0.3 is 10.0 Å². The van der Waals surface area contributed by atoms with Crippen LogP contribution < -0.4 is 0 Å². The Morgan fingerprint density at radius 1 is 1.24 bits per heavy atom. The number of thiazole rings is 1. The van der Waals surface area contributed by atoms with Gasteiger partial charge in [0.2, 0.25) is 0 Å². The normalized spacial score (nSPS) is 21.4. The smallest absolute Gasteiger partial charge is 0.475 e. The number of carboxylic acids is 1. The molecule has 2 aromatic heterocycles. The number of amides is 1. The molecule has 1 amide bonds. The number of fused-ring (bicyclic) bond motifs is 1. The van der Waals surface area contributed by atoms with Crippen LogP contribution in [-0.2, 0) is 11.3 Å². The molecule has 0 radical (unpaired) electrons. The summed E-state index contributed by atoms with van der Waals surface area (Å²) in [6.45, 7) is 2.81. The van der Waals surface area contributed by atoms with Crippen LogP contribution in [0.3, 0.4) is 0 Å². The number of rotatable bonds is 3. The van der Waals surface area contributed by atoms with E-state index in [0.717, 1.165) is 32.5 Å². The van der Waals surface area contributed by atoms with Crippen LogP contribution in [0.5, 0.6) is 0 Å². The molecular weight excluding hydrogens is 409 g/mol. The monoisotopic (exact) mass is 428 g/mol. The lowest BCUT2D eigenvalue weighted by Gasteiger charge is -2.25. The van der Waals surface area contributed by atoms with Gasteiger partial charge in [0.05, 0.1) is 5.51 Å². The highest BCUT2D eigenvalue weighted by atomic mass is 32.1. The number of aromatic nitrogens is 2. The van der Waals surface area contributed by atoms with Gasteiger partial charge in [-0.3, -0.25) is 14.7 Å². The summed E-state index contributed by atoms with van der Waals surface area (Å²) in [7, 11) is 0. The SMILES string of the molecule is O=C(O)C(F)(F)F.O=C(c1cscn1)N1CC[C@@H]2[C@@H]1CCN2Cc1cccnc1. The molecular formula is C18H19F3N4O3S. The van der Waals surface area contributed by atoms with Gasteiger partial charge in [-0.25, -0.2) is 9.78 Å². The molecule has 2 atom stereocenters. The molecule has 4 rings (SSSR count). The minimum atomic E-state index is -5.08. The molecule has 0 unspecified atom stereocenters. The molecule has 1 N–H and O–H groups in total. The third kappa shape index (κ3) is 5.10. The van der Waals surface area contributed by atoms with E-state index in [9.17, 15) is 18.0 Å². The summed E-state index contributed by atoms with van der Waals surface area (Å²) in [4.78, 5) is 34.3. The number of pyridine rings is 1. The highest BCUT2D eigenvalue weighted by Crippen LogP contribution is 2.33. The number of carbonyl (C=O) groups is 2. The average molecular weight is 428 g/mol. The Kier molecular flexibility index (Phi) is 6.48. The molecule has 2 aliphatic rings. The van der Waals surface area contributed by atoms with Crippen LogP contribution in [0.1, 0.15) is 28.9 Å². The Morgan fingerprint density at radius 2 is 1.97 bits per heavy atom. The molecule has 0 aromatic carbocycles. The minimum Gasteiger partial charge on any atom is -0.475 e. The third-order valence-corrected chi connectivity index (χ3v) is 5.54. The molecule has 0 bridgehead atoms. The number of likely N-dealkylation sites (tertiary alicyclic amines) is 2. The molecule has 156 valence electrons. The standard InChI is InChI=1S/C16H18N4OS.C2HF3O2/c21-16(13-10-22-11-18-13)20-7-4-14-15(20)3-6-19(14)9-12-2-1-5-17-8-12;3-2(4,5)1(6)7/h1-2,5,8,10-11,14-15H,3-4,6-7,9H2;(H,6,7)/t14-,15+;/m1./s1. The van der Waals surface area contributed by atoms with Crippen molar-refractivity contribution in [2.75, 3.05) is 13.1 Å². The second-order valence-electron chi connectivity index (χ2n) is 6.72. The maximum atomic E-state index is 12.6. The molecule has 2 fully saturated rings. The average Bonchev–Trinajstić information content (AvgIpc) is 3.41. The van der Waals surface area contributed by atoms with Crippen LogP contribution in [-0.4, -0.2) is 68.1 Å². The van der Waals surface area contributed by atoms with E-state index in [1.54, 1.807) is 11.7 Å². The number of aliphatic carboxylic acids is 1. The molecule has 0 aliphatic carbocycles. The molecule has 2 saturated heterocycles. The van der Waals surface area contributed by atoms with E-state index in [-0.39, 0.29) is 5.91 Å². The number of alkyl halides is 3. The van der Waals surface area contributed by atoms with E-state index in [1.165, 1.54) is 16.9 Å². The zero-order chi connectivity index (χ0) is 21.0. The molecule has 2 aliphatic heterocycles. The molecule has 2 aromatic rings. The number of hydrogen-bond donors (Lipinski definition) is 1. The fraction of sp³-hybridized carbons (Fsp3) is 0.444. The Hall–Kier alpha value is -2.53. The van der Waals surface area contributed by atoms with Crippen molar-refractivity contribution in [3.63, 3.8) is 0 Å². The zero-order valence-electron chi connectivity index (χ0n) is 15.2. The first-order valence-corrected chi connectivity index (χ1v) is 9.84. The Labute approximate surface area is 168 Å². The Balaban J connectivity index is 0.000000298. The van der Waals surface area contributed by atoms with E-state index in [4.69, 9.17) is 9.90 Å². The topological polar surface area (TPSA) is 86.6 Å². The van der Waals surface area contributed by atoms with Crippen LogP contribution in [0.2, 0.25) is 0 Å². The zero-order valence-corrected chi connectivity index (χ0v) is 16.1. The van der Waals surface area contributed by atoms with Crippen LogP contribution in [0, 0.1) is 0 Å². The first kappa shape index (κ1) is 21.2. The van der Waals surface area contributed by atoms with Gasteiger partial charge in [-0.2, -0.15) is 13.2 Å². The van der Waals surface area contributed by atoms with E-state index >= 15 is 0 Å². The second-order valence-corrected chi connectivity index (χ2v) is 7.44. The summed E-state index contributed by atoms with van der Waals surface area (Å²) in [6.07, 6.45) is 0.766. The predicted octanol–water partition coefficient (Wildman–Crippen LogP) is 2.66. The summed E-state index contributed by atoms with van der Waals surface area (Å²) in [5.74, 6) is -2.66. The van der Waals surface area contributed by atoms with Crippen molar-refractivity contribution in [2.24, 2.45) is 0 Å². The fourth-order valence-electron chi connectivity index (χ4n) is 3.72. The van der Waals surface area contributed by atoms with Gasteiger partial charge in [0.1, 0.15) is 5.69 Å². The lowest BCUT2D eigenvalue weighted by atomic mass is 10.1. The van der Waals surface area contributed by atoms with Crippen molar-refractivity contribution < 1.29 is 27.9 Å². The van der Waals surface area contributed by atoms with Crippen LogP contribution in [0.15, 0.2) is 35.4 Å². The number of carbonyl (C=O) groups excluding carboxylic acids is 1. The van der Waals surface area contributed by atoms with Gasteiger partial charge in [0, 0.05) is 49.5 Å². The van der Waals surface area contributed by atoms with Gasteiger partial charge in [-0.1, -0.05) is 6.07 Å². The lowest BCUT2D eigenvalue weighted by molar-refractivity contribution is -0.192. The van der Waals surface area contributed by atoms with E-state index in [2.05, 4.69) is 20.9 Å². The molecule has 11 heteroatoms. The molecule has 0 spiro atoms. The quantitative estimate of drug-likeness (QED) is 0.809. The first-order chi connectivity index (χ1) is 13.8. The van der Waals surface area contributed by atoms with Gasteiger partial charge in [-0.05, 0) is 24.5 Å². The number of halogens is 3. The summed E-state index contributed by atoms with van der Waals surface area (Å²) in [5, 5.41) is 8.97. The fourth-order valence-corrected chi connectivity index (χ4v) is 4.24. The second kappa shape index (κ2) is 8.87. The first-order valence-electron chi connectivity index (χ1n) is 8.89. The van der Waals surface area contributed by atoms with Gasteiger partial charge >= 0.3 is 12.1 Å². The molecule has 0 saturated carbocycles. The minimum absolute atomic E-state index is 0.0944. The van der Waals surface area contributed by atoms with Crippen molar-refractivity contribution in [1.82, 2.24) is 19.8 Å². The maximum Gasteiger partial charge on any atom is 0.490 e. The van der Waals surface area contributed by atoms with Crippen LogP contribution >= 0.6 is 11.3 Å². The van der Waals surface area contributed by atoms with Crippen molar-refractivity contribution >= 4 is 23.2 Å². The molecule has 29 heavy (non-hydrogen) atoms. The van der Waals surface area contributed by atoms with E-state index < -0.39 is 12.1 Å². The van der Waals surface area contributed by atoms with E-state index in [0.29, 0.717) is 17.8 Å². The van der Waals surface area contributed by atoms with Crippen molar-refractivity contribution in [2.45, 2.75) is 37.6 Å². The van der Waals surface area contributed by atoms with Gasteiger partial charge in [0.15, 0.2) is 0 Å². The number of carboxylic acid groups (broad SMARTS) is 1. The number of hydrogen-bond acceptors (Lipinski definition) is 6. The van der Waals surface area contributed by atoms with Crippen LogP contribution in [0.25, 0.3) is 0 Å². The van der Waals surface area contributed by atoms with Gasteiger partial charge in [0.25, 0.3) is 5.91 Å². The highest BCUT2D eigenvalue weighted by molar-refractivity contribution is 7.07. The molecule has 7 nitrogen and oxygen atoms in total. The summed E-state index contributed by atoms with van der Waals surface area (Å²) in [6, 6.07) is 4.91. The number of nitrogens with zero attached hydrogens (tertiary/aromatic N) is 4.